The molecule has 0 fully saturated rings. The van der Waals surface area contributed by atoms with Crippen molar-refractivity contribution in [3.05, 3.63) is 108 Å². The van der Waals surface area contributed by atoms with Crippen LogP contribution >= 0.6 is 0 Å². The van der Waals surface area contributed by atoms with Crippen molar-refractivity contribution < 1.29 is 72.5 Å². The Morgan fingerprint density at radius 2 is 0.733 bits per heavy atom. The quantitative estimate of drug-likeness (QED) is 0.0142. The highest BCUT2D eigenvalue weighted by atomic mass is 16.3. The van der Waals surface area contributed by atoms with Gasteiger partial charge in [-0.1, -0.05) is 91.0 Å². The number of benzene rings is 3. The molecule has 0 aliphatic carbocycles. The van der Waals surface area contributed by atoms with E-state index in [0.29, 0.717) is 36.9 Å². The fourth-order valence-electron chi connectivity index (χ4n) is 10.3. The maximum Gasteiger partial charge on any atom is 0.245 e. The van der Waals surface area contributed by atoms with E-state index in [9.17, 15) is 72.5 Å². The number of primary amides is 1. The fraction of sp³-hybridized carbons (Fsp3) is 0.515. The summed E-state index contributed by atoms with van der Waals surface area (Å²) < 4.78 is 0. The second kappa shape index (κ2) is 48.1. The van der Waals surface area contributed by atoms with Crippen LogP contribution < -0.4 is 110 Å². The van der Waals surface area contributed by atoms with Gasteiger partial charge >= 0.3 is 0 Å². The molecule has 105 heavy (non-hydrogen) atoms. The SMILES string of the molecule is C[C@H](NC(=O)CNC(=O)[C@@H](NC(=O)[C@H](Cc1ccccc1)NC(=O)CNC(=O)[C@H](Cc1ccccc1)NC(=O)[C@@H](N)Cc1ccccc1)[C@@H](C)O)C(=O)N[C@@H](CCCN=C(N)N)C(=O)N[C@@H](CCCCN)C(=O)N[C@@H](CO)C(=O)N[C@@H](C)C(=O)N[C@@H](CCCN=C(N)N)C(=O)N[C@@H](CCCCN)C(N)=O. The summed E-state index contributed by atoms with van der Waals surface area (Å²) in [5.41, 5.74) is 47.0. The number of hydrogen-bond donors (Lipinski definition) is 22. The number of rotatable bonds is 49. The molecule has 3 aromatic rings. The maximum absolute atomic E-state index is 14.2. The highest BCUT2D eigenvalue weighted by molar-refractivity contribution is 5.99. The monoisotopic (exact) mass is 1470 g/mol. The first-order chi connectivity index (χ1) is 50.0. The zero-order valence-electron chi connectivity index (χ0n) is 59.4. The topological polar surface area (TPSA) is 640 Å². The molecule has 0 saturated heterocycles. The molecule has 0 aliphatic rings. The smallest absolute Gasteiger partial charge is 0.245 e. The van der Waals surface area contributed by atoms with E-state index in [4.69, 9.17) is 45.9 Å². The molecule has 37 heteroatoms. The van der Waals surface area contributed by atoms with E-state index < -0.39 is 169 Å². The number of nitrogens with zero attached hydrogens (tertiary/aromatic N) is 2. The predicted molar refractivity (Wildman–Crippen MR) is 389 cm³/mol. The van der Waals surface area contributed by atoms with Crippen molar-refractivity contribution in [2.45, 2.75) is 177 Å². The molecule has 12 atom stereocenters. The van der Waals surface area contributed by atoms with Crippen molar-refractivity contribution in [1.82, 2.24) is 63.8 Å². The van der Waals surface area contributed by atoms with E-state index in [2.05, 4.69) is 73.8 Å². The third kappa shape index (κ3) is 34.8. The molecular formula is C68H106N22O15. The van der Waals surface area contributed by atoms with Crippen molar-refractivity contribution in [3.63, 3.8) is 0 Å². The number of nitrogens with two attached hydrogens (primary N) is 8. The highest BCUT2D eigenvalue weighted by Gasteiger charge is 2.35. The Hall–Kier alpha value is -10.9. The van der Waals surface area contributed by atoms with Crippen LogP contribution in [0.3, 0.4) is 0 Å². The van der Waals surface area contributed by atoms with Crippen LogP contribution in [-0.2, 0) is 81.6 Å². The van der Waals surface area contributed by atoms with Gasteiger partial charge in [0.25, 0.3) is 0 Å². The number of guanidine groups is 2. The Morgan fingerprint density at radius 1 is 0.381 bits per heavy atom. The predicted octanol–water partition coefficient (Wildman–Crippen LogP) is -7.61. The van der Waals surface area contributed by atoms with Crippen LogP contribution in [0, 0.1) is 0 Å². The molecule has 0 aliphatic heterocycles. The molecule has 0 bridgehead atoms. The van der Waals surface area contributed by atoms with E-state index in [1.54, 1.807) is 84.9 Å². The molecular weight excluding hydrogens is 1360 g/mol. The third-order valence-electron chi connectivity index (χ3n) is 16.1. The van der Waals surface area contributed by atoms with Crippen molar-refractivity contribution in [1.29, 1.82) is 0 Å². The van der Waals surface area contributed by atoms with Gasteiger partial charge in [-0.25, -0.2) is 0 Å². The average Bonchev–Trinajstić information content (AvgIpc) is 0.872. The Balaban J connectivity index is 1.71. The molecule has 578 valence electrons. The first-order valence-electron chi connectivity index (χ1n) is 34.5. The van der Waals surface area contributed by atoms with E-state index >= 15 is 0 Å². The Kier molecular flexibility index (Phi) is 40.5. The lowest BCUT2D eigenvalue weighted by Crippen LogP contribution is -2.60. The lowest BCUT2D eigenvalue weighted by atomic mass is 10.0. The second-order valence-electron chi connectivity index (χ2n) is 24.9. The van der Waals surface area contributed by atoms with Crippen LogP contribution in [-0.4, -0.2) is 217 Å². The van der Waals surface area contributed by atoms with Gasteiger partial charge in [-0.3, -0.25) is 72.3 Å². The number of nitrogens with one attached hydrogen (secondary N) is 12. The standard InChI is InChI=1S/C68H106N22O15/c1-39(81-53(93)36-80-66(105)55(41(3)92)90-64(103)51(35-44-23-11-6-12-24-44)83-54(94)37-79-60(99)50(34-43-21-9-5-10-22-43)88-59(98)45(71)33-42-19-7-4-8-20-42)57(96)85-49(28-18-32-78-68(75)76)62(101)87-47(26-14-16-30-70)63(102)89-52(38-91)65(104)82-40(2)58(97)86-48(27-17-31-77-67(73)74)61(100)84-46(56(72)95)25-13-15-29-69/h4-12,19-24,39-41,45-52,55,91-92H,13-18,25-38,69-71H2,1-3H3,(H2,72,95)(H,79,99)(H,80,105)(H,81,93)(H,82,104)(H,83,94)(H,84,100)(H,85,96)(H,86,97)(H,87,101)(H,88,98)(H,89,102)(H,90,103)(H4,73,74,77)(H4,75,76,78)/t39-,40-,41+,45-,46-,47-,48-,49-,50-,51-,52-,55-/m0/s1. The van der Waals surface area contributed by atoms with Crippen LogP contribution in [0.5, 0.6) is 0 Å². The highest BCUT2D eigenvalue weighted by Crippen LogP contribution is 2.11. The molecule has 0 saturated carbocycles. The van der Waals surface area contributed by atoms with Crippen molar-refractivity contribution in [3.8, 4) is 0 Å². The number of hydrogen-bond acceptors (Lipinski definition) is 20. The summed E-state index contributed by atoms with van der Waals surface area (Å²) >= 11 is 0. The first-order valence-corrected chi connectivity index (χ1v) is 34.5. The number of amides is 13. The van der Waals surface area contributed by atoms with Gasteiger partial charge in [0.15, 0.2) is 11.9 Å². The summed E-state index contributed by atoms with van der Waals surface area (Å²) in [4.78, 5) is 184. The minimum absolute atomic E-state index is 0.0287. The Bertz CT molecular complexity index is 3370. The fourth-order valence-corrected chi connectivity index (χ4v) is 10.3. The normalized spacial score (nSPS) is 14.3. The van der Waals surface area contributed by atoms with Gasteiger partial charge in [0.05, 0.1) is 31.8 Å². The minimum Gasteiger partial charge on any atom is -0.394 e. The molecule has 0 aromatic heterocycles. The van der Waals surface area contributed by atoms with Gasteiger partial charge in [0.1, 0.15) is 60.4 Å². The van der Waals surface area contributed by atoms with Crippen LogP contribution in [0.25, 0.3) is 0 Å². The summed E-state index contributed by atoms with van der Waals surface area (Å²) in [6.07, 6.45) is 0.182. The minimum atomic E-state index is -1.74. The van der Waals surface area contributed by atoms with Gasteiger partial charge in [0.2, 0.25) is 76.8 Å². The number of carbonyl (C=O) groups excluding carboxylic acids is 13. The zero-order chi connectivity index (χ0) is 78.0. The maximum atomic E-state index is 14.2. The van der Waals surface area contributed by atoms with Crippen LogP contribution in [0.2, 0.25) is 0 Å². The number of unbranched alkanes of at least 4 members (excludes halogenated alkanes) is 2. The Morgan fingerprint density at radius 3 is 1.16 bits per heavy atom. The number of aliphatic hydroxyl groups excluding tert-OH is 2. The molecule has 0 unspecified atom stereocenters. The van der Waals surface area contributed by atoms with Crippen molar-refractivity contribution in [2.75, 3.05) is 45.9 Å². The van der Waals surface area contributed by atoms with Crippen LogP contribution in [0.1, 0.15) is 102 Å². The molecule has 3 aromatic carbocycles. The number of aliphatic imine (C=N–C) groups is 2. The second-order valence-corrected chi connectivity index (χ2v) is 24.9. The summed E-state index contributed by atoms with van der Waals surface area (Å²) in [7, 11) is 0. The average molecular weight is 1470 g/mol. The number of aliphatic hydroxyl groups is 2. The zero-order valence-corrected chi connectivity index (χ0v) is 59.4. The summed E-state index contributed by atoms with van der Waals surface area (Å²) in [5.74, 6) is -12.1. The van der Waals surface area contributed by atoms with E-state index in [-0.39, 0.29) is 95.8 Å². The molecule has 0 spiro atoms. The van der Waals surface area contributed by atoms with Gasteiger partial charge < -0.3 is 120 Å². The summed E-state index contributed by atoms with van der Waals surface area (Å²) in [6.45, 7) is 1.69. The lowest BCUT2D eigenvalue weighted by Gasteiger charge is -2.26. The van der Waals surface area contributed by atoms with Gasteiger partial charge in [-0.2, -0.15) is 0 Å². The largest absolute Gasteiger partial charge is 0.394 e. The van der Waals surface area contributed by atoms with Crippen LogP contribution in [0.4, 0.5) is 0 Å². The molecule has 30 N–H and O–H groups in total. The molecule has 3 rings (SSSR count). The van der Waals surface area contributed by atoms with E-state index in [1.165, 1.54) is 20.8 Å². The first kappa shape index (κ1) is 88.3. The van der Waals surface area contributed by atoms with Gasteiger partial charge in [0, 0.05) is 25.9 Å². The van der Waals surface area contributed by atoms with Crippen LogP contribution in [0.15, 0.2) is 101 Å². The summed E-state index contributed by atoms with van der Waals surface area (Å²) in [5, 5.41) is 50.9. The van der Waals surface area contributed by atoms with Gasteiger partial charge in [-0.05, 0) is 121 Å². The van der Waals surface area contributed by atoms with E-state index in [0.717, 1.165) is 5.56 Å². The lowest BCUT2D eigenvalue weighted by molar-refractivity contribution is -0.136. The molecule has 13 amide bonds. The van der Waals surface area contributed by atoms with Crippen molar-refractivity contribution in [2.24, 2.45) is 55.9 Å². The molecule has 0 heterocycles. The Labute approximate surface area is 609 Å². The van der Waals surface area contributed by atoms with E-state index in [1.807, 2.05) is 6.07 Å². The third-order valence-corrected chi connectivity index (χ3v) is 16.1. The molecule has 0 radical (unpaired) electrons. The van der Waals surface area contributed by atoms with Gasteiger partial charge in [-0.15, -0.1) is 0 Å². The van der Waals surface area contributed by atoms with Crippen molar-refractivity contribution >= 4 is 88.7 Å². The molecule has 37 nitrogen and oxygen atoms in total. The number of carbonyl (C=O) groups is 13. The summed E-state index contributed by atoms with van der Waals surface area (Å²) in [6, 6.07) is 11.0.